The molecule has 0 unspecified atom stereocenters. The summed E-state index contributed by atoms with van der Waals surface area (Å²) in [7, 11) is 0. The van der Waals surface area contributed by atoms with Crippen LogP contribution in [0.5, 0.6) is 0 Å². The van der Waals surface area contributed by atoms with Crippen LogP contribution in [0.3, 0.4) is 0 Å². The zero-order valence-corrected chi connectivity index (χ0v) is 19.5. The number of benzene rings is 2. The summed E-state index contributed by atoms with van der Waals surface area (Å²) in [5.41, 5.74) is 3.99. The van der Waals surface area contributed by atoms with Crippen LogP contribution in [0.15, 0.2) is 67.1 Å². The number of aryl methyl sites for hydroxylation is 1. The Morgan fingerprint density at radius 3 is 2.55 bits per heavy atom. The van der Waals surface area contributed by atoms with Crippen LogP contribution in [0.4, 0.5) is 0 Å². The molecule has 172 valence electrons. The molecule has 2 amide bonds. The quantitative estimate of drug-likeness (QED) is 0.551. The minimum Gasteiger partial charge on any atom is -0.341 e. The Labute approximate surface area is 195 Å². The van der Waals surface area contributed by atoms with E-state index in [1.165, 1.54) is 0 Å². The highest BCUT2D eigenvalue weighted by Crippen LogP contribution is 2.27. The summed E-state index contributed by atoms with van der Waals surface area (Å²) in [6.07, 6.45) is 4.81. The lowest BCUT2D eigenvalue weighted by Crippen LogP contribution is -2.38. The summed E-state index contributed by atoms with van der Waals surface area (Å²) in [5.74, 6) is -0.202. The molecule has 33 heavy (non-hydrogen) atoms. The summed E-state index contributed by atoms with van der Waals surface area (Å²) >= 11 is 0. The van der Waals surface area contributed by atoms with Crippen molar-refractivity contribution < 1.29 is 9.59 Å². The van der Waals surface area contributed by atoms with Crippen LogP contribution >= 0.6 is 0 Å². The highest BCUT2D eigenvalue weighted by atomic mass is 16.2. The van der Waals surface area contributed by atoms with Crippen molar-refractivity contribution in [2.45, 2.75) is 33.2 Å². The molecule has 0 spiro atoms. The van der Waals surface area contributed by atoms with Gasteiger partial charge in [-0.2, -0.15) is 0 Å². The molecule has 2 heterocycles. The SMILES string of the molecule is CCCN1CCN(C(=O)c2cncn2CC)C[C@H](Cc2ccccc2-c2ccccc2)C1=O. The average Bonchev–Trinajstić information content (AvgIpc) is 3.28. The molecular weight excluding hydrogens is 412 g/mol. The van der Waals surface area contributed by atoms with E-state index < -0.39 is 0 Å². The molecule has 1 aromatic heterocycles. The second kappa shape index (κ2) is 10.5. The molecule has 2 aromatic carbocycles. The lowest BCUT2D eigenvalue weighted by atomic mass is 9.91. The fraction of sp³-hybridized carbons (Fsp3) is 0.370. The van der Waals surface area contributed by atoms with E-state index >= 15 is 0 Å². The third kappa shape index (κ3) is 5.00. The summed E-state index contributed by atoms with van der Waals surface area (Å²) in [5, 5.41) is 0. The molecule has 0 N–H and O–H groups in total. The van der Waals surface area contributed by atoms with Gasteiger partial charge in [0.15, 0.2) is 0 Å². The second-order valence-corrected chi connectivity index (χ2v) is 8.57. The molecular formula is C27H32N4O2. The predicted molar refractivity (Wildman–Crippen MR) is 130 cm³/mol. The molecule has 3 aromatic rings. The van der Waals surface area contributed by atoms with Crippen molar-refractivity contribution in [1.29, 1.82) is 0 Å². The molecule has 0 bridgehead atoms. The largest absolute Gasteiger partial charge is 0.341 e. The number of hydrogen-bond acceptors (Lipinski definition) is 3. The van der Waals surface area contributed by atoms with Crippen LogP contribution in [0.1, 0.15) is 36.3 Å². The third-order valence-electron chi connectivity index (χ3n) is 6.36. The smallest absolute Gasteiger partial charge is 0.272 e. The van der Waals surface area contributed by atoms with E-state index in [1.54, 1.807) is 12.5 Å². The first-order valence-electron chi connectivity index (χ1n) is 11.8. The van der Waals surface area contributed by atoms with Crippen molar-refractivity contribution in [3.63, 3.8) is 0 Å². The Morgan fingerprint density at radius 1 is 1.03 bits per heavy atom. The van der Waals surface area contributed by atoms with Gasteiger partial charge in [0.1, 0.15) is 5.69 Å². The number of hydrogen-bond donors (Lipinski definition) is 0. The first kappa shape index (κ1) is 22.8. The van der Waals surface area contributed by atoms with Crippen molar-refractivity contribution in [1.82, 2.24) is 19.4 Å². The number of rotatable bonds is 7. The molecule has 4 rings (SSSR count). The number of imidazole rings is 1. The Balaban J connectivity index is 1.64. The van der Waals surface area contributed by atoms with E-state index in [2.05, 4.69) is 36.2 Å². The monoisotopic (exact) mass is 444 g/mol. The van der Waals surface area contributed by atoms with Gasteiger partial charge in [0, 0.05) is 32.7 Å². The van der Waals surface area contributed by atoms with E-state index in [0.717, 1.165) is 23.1 Å². The van der Waals surface area contributed by atoms with E-state index in [1.807, 2.05) is 51.6 Å². The van der Waals surface area contributed by atoms with Crippen LogP contribution in [0, 0.1) is 5.92 Å². The molecule has 0 radical (unpaired) electrons. The molecule has 6 heteroatoms. The summed E-state index contributed by atoms with van der Waals surface area (Å²) in [6, 6.07) is 18.5. The maximum Gasteiger partial charge on any atom is 0.272 e. The standard InChI is InChI=1S/C27H32N4O2/c1-3-14-30-15-16-31(27(33)25-18-28-20-29(25)4-2)19-23(26(30)32)17-22-12-8-9-13-24(22)21-10-6-5-7-11-21/h5-13,18,20,23H,3-4,14-17,19H2,1-2H3/t23-/m0/s1. The fourth-order valence-corrected chi connectivity index (χ4v) is 4.65. The van der Waals surface area contributed by atoms with Gasteiger partial charge in [-0.15, -0.1) is 0 Å². The maximum absolute atomic E-state index is 13.5. The van der Waals surface area contributed by atoms with Crippen LogP contribution in [0.2, 0.25) is 0 Å². The van der Waals surface area contributed by atoms with Crippen molar-refractivity contribution in [2.24, 2.45) is 5.92 Å². The fourth-order valence-electron chi connectivity index (χ4n) is 4.65. The van der Waals surface area contributed by atoms with E-state index in [0.29, 0.717) is 44.8 Å². The molecule has 1 aliphatic rings. The normalized spacial score (nSPS) is 16.7. The van der Waals surface area contributed by atoms with Crippen LogP contribution in [-0.4, -0.2) is 57.3 Å². The van der Waals surface area contributed by atoms with Crippen LogP contribution in [-0.2, 0) is 17.8 Å². The molecule has 1 atom stereocenters. The predicted octanol–water partition coefficient (Wildman–Crippen LogP) is 4.12. The number of carbonyl (C=O) groups excluding carboxylic acids is 2. The number of nitrogens with zero attached hydrogens (tertiary/aromatic N) is 4. The Hall–Kier alpha value is -3.41. The van der Waals surface area contributed by atoms with Gasteiger partial charge in [0.2, 0.25) is 5.91 Å². The first-order valence-corrected chi connectivity index (χ1v) is 11.8. The third-order valence-corrected chi connectivity index (χ3v) is 6.36. The van der Waals surface area contributed by atoms with Gasteiger partial charge in [0.05, 0.1) is 18.4 Å². The zero-order chi connectivity index (χ0) is 23.2. The van der Waals surface area contributed by atoms with Gasteiger partial charge in [-0.1, -0.05) is 61.5 Å². The minimum atomic E-state index is -0.286. The number of amides is 2. The van der Waals surface area contributed by atoms with E-state index in [4.69, 9.17) is 0 Å². The van der Waals surface area contributed by atoms with Crippen molar-refractivity contribution in [2.75, 3.05) is 26.2 Å². The highest BCUT2D eigenvalue weighted by molar-refractivity contribution is 5.93. The number of carbonyl (C=O) groups is 2. The van der Waals surface area contributed by atoms with Gasteiger partial charge < -0.3 is 14.4 Å². The van der Waals surface area contributed by atoms with E-state index in [-0.39, 0.29) is 17.7 Å². The van der Waals surface area contributed by atoms with Crippen molar-refractivity contribution in [3.8, 4) is 11.1 Å². The molecule has 1 aliphatic heterocycles. The van der Waals surface area contributed by atoms with Gasteiger partial charge in [-0.3, -0.25) is 9.59 Å². The number of aromatic nitrogens is 2. The summed E-state index contributed by atoms with van der Waals surface area (Å²) < 4.78 is 1.86. The lowest BCUT2D eigenvalue weighted by molar-refractivity contribution is -0.134. The zero-order valence-electron chi connectivity index (χ0n) is 19.5. The molecule has 6 nitrogen and oxygen atoms in total. The summed E-state index contributed by atoms with van der Waals surface area (Å²) in [6.45, 7) is 6.99. The molecule has 0 saturated carbocycles. The van der Waals surface area contributed by atoms with E-state index in [9.17, 15) is 9.59 Å². The highest BCUT2D eigenvalue weighted by Gasteiger charge is 2.33. The minimum absolute atomic E-state index is 0.0538. The van der Waals surface area contributed by atoms with Gasteiger partial charge in [0.25, 0.3) is 5.91 Å². The van der Waals surface area contributed by atoms with Crippen molar-refractivity contribution in [3.05, 3.63) is 78.4 Å². The van der Waals surface area contributed by atoms with Crippen molar-refractivity contribution >= 4 is 11.8 Å². The van der Waals surface area contributed by atoms with Crippen LogP contribution in [0.25, 0.3) is 11.1 Å². The maximum atomic E-state index is 13.5. The van der Waals surface area contributed by atoms with Crippen LogP contribution < -0.4 is 0 Å². The van der Waals surface area contributed by atoms with Gasteiger partial charge >= 0.3 is 0 Å². The van der Waals surface area contributed by atoms with Gasteiger partial charge in [-0.25, -0.2) is 4.98 Å². The molecule has 1 fully saturated rings. The topological polar surface area (TPSA) is 58.4 Å². The molecule has 1 saturated heterocycles. The average molecular weight is 445 g/mol. The Kier molecular flexibility index (Phi) is 7.23. The first-order chi connectivity index (χ1) is 16.1. The Bertz CT molecular complexity index is 1090. The Morgan fingerprint density at radius 2 is 1.79 bits per heavy atom. The summed E-state index contributed by atoms with van der Waals surface area (Å²) in [4.78, 5) is 34.9. The van der Waals surface area contributed by atoms with Gasteiger partial charge in [-0.05, 0) is 36.5 Å². The lowest BCUT2D eigenvalue weighted by Gasteiger charge is -2.25. The second-order valence-electron chi connectivity index (χ2n) is 8.57. The molecule has 0 aliphatic carbocycles.